The zero-order valence-electron chi connectivity index (χ0n) is 7.82. The van der Waals surface area contributed by atoms with E-state index in [1.165, 1.54) is 0 Å². The molecule has 0 aliphatic carbocycles. The van der Waals surface area contributed by atoms with Crippen molar-refractivity contribution in [3.05, 3.63) is 46.5 Å². The summed E-state index contributed by atoms with van der Waals surface area (Å²) in [5, 5.41) is 3.36. The summed E-state index contributed by atoms with van der Waals surface area (Å²) in [4.78, 5) is 0. The molecule has 8 heteroatoms. The molecule has 0 radical (unpaired) electrons. The van der Waals surface area contributed by atoms with Gasteiger partial charge < -0.3 is 0 Å². The zero-order chi connectivity index (χ0) is 12.7. The first-order valence-electron chi connectivity index (χ1n) is 4.15. The van der Waals surface area contributed by atoms with Gasteiger partial charge in [0.25, 0.3) is 0 Å². The van der Waals surface area contributed by atoms with Gasteiger partial charge in [-0.2, -0.15) is 5.10 Å². The van der Waals surface area contributed by atoms with Crippen LogP contribution in [0.25, 0.3) is 5.69 Å². The van der Waals surface area contributed by atoms with Crippen molar-refractivity contribution in [3.8, 4) is 5.69 Å². The van der Waals surface area contributed by atoms with Crippen molar-refractivity contribution >= 4 is 11.6 Å². The predicted octanol–water partition coefficient (Wildman–Crippen LogP) is 3.22. The van der Waals surface area contributed by atoms with E-state index < -0.39 is 34.8 Å². The first-order chi connectivity index (χ1) is 7.93. The van der Waals surface area contributed by atoms with Gasteiger partial charge in [0, 0.05) is 6.20 Å². The third-order valence-corrected chi connectivity index (χ3v) is 2.16. The van der Waals surface area contributed by atoms with E-state index >= 15 is 0 Å². The van der Waals surface area contributed by atoms with Gasteiger partial charge >= 0.3 is 0 Å². The number of rotatable bonds is 1. The number of halogens is 6. The Kier molecular flexibility index (Phi) is 2.78. The maximum Gasteiger partial charge on any atom is 0.200 e. The Balaban J connectivity index is 2.78. The first-order valence-corrected chi connectivity index (χ1v) is 4.53. The number of aromatic nitrogens is 2. The van der Waals surface area contributed by atoms with Gasteiger partial charge in [0.05, 0.1) is 11.2 Å². The molecule has 0 fully saturated rings. The minimum absolute atomic E-state index is 0.00561. The molecule has 0 unspecified atom stereocenters. The van der Waals surface area contributed by atoms with Gasteiger partial charge in [-0.25, -0.2) is 26.6 Å². The van der Waals surface area contributed by atoms with Gasteiger partial charge in [0.2, 0.25) is 5.82 Å². The molecule has 0 saturated carbocycles. The molecule has 0 bridgehead atoms. The summed E-state index contributed by atoms with van der Waals surface area (Å²) in [6.07, 6.45) is 1.92. The molecule has 2 aromatic rings. The van der Waals surface area contributed by atoms with E-state index in [4.69, 9.17) is 11.6 Å². The monoisotopic (exact) mass is 268 g/mol. The fraction of sp³-hybridized carbons (Fsp3) is 0. The van der Waals surface area contributed by atoms with Crippen molar-refractivity contribution in [1.82, 2.24) is 9.78 Å². The lowest BCUT2D eigenvalue weighted by molar-refractivity contribution is 0.374. The van der Waals surface area contributed by atoms with Crippen LogP contribution in [0.2, 0.25) is 5.02 Å². The Bertz CT molecular complexity index is 566. The third kappa shape index (κ3) is 1.76. The minimum Gasteiger partial charge on any atom is -0.233 e. The highest BCUT2D eigenvalue weighted by Crippen LogP contribution is 2.26. The second-order valence-electron chi connectivity index (χ2n) is 3.02. The van der Waals surface area contributed by atoms with Crippen molar-refractivity contribution in [1.29, 1.82) is 0 Å². The second kappa shape index (κ2) is 3.99. The fourth-order valence-electron chi connectivity index (χ4n) is 1.22. The third-order valence-electron chi connectivity index (χ3n) is 1.97. The lowest BCUT2D eigenvalue weighted by Gasteiger charge is -2.07. The molecule has 0 aliphatic heterocycles. The molecule has 0 amide bonds. The molecule has 0 saturated heterocycles. The van der Waals surface area contributed by atoms with Crippen molar-refractivity contribution in [2.45, 2.75) is 0 Å². The van der Waals surface area contributed by atoms with E-state index in [0.717, 1.165) is 12.4 Å². The van der Waals surface area contributed by atoms with Crippen LogP contribution in [-0.4, -0.2) is 9.78 Å². The largest absolute Gasteiger partial charge is 0.233 e. The highest BCUT2D eigenvalue weighted by Gasteiger charge is 2.27. The molecule has 1 heterocycles. The first kappa shape index (κ1) is 11.8. The summed E-state index contributed by atoms with van der Waals surface area (Å²) in [6.45, 7) is 0. The lowest BCUT2D eigenvalue weighted by atomic mass is 10.2. The standard InChI is InChI=1S/C9H2ClF5N2/c10-3-1-16-17(2-3)9-7(14)5(12)4(11)6(13)8(9)15/h1-2H. The van der Waals surface area contributed by atoms with E-state index in [2.05, 4.69) is 5.10 Å². The van der Waals surface area contributed by atoms with Crippen molar-refractivity contribution in [3.63, 3.8) is 0 Å². The molecule has 1 aromatic carbocycles. The van der Waals surface area contributed by atoms with Gasteiger partial charge in [-0.05, 0) is 0 Å². The van der Waals surface area contributed by atoms with E-state index in [1.807, 2.05) is 0 Å². The fourth-order valence-corrected chi connectivity index (χ4v) is 1.35. The van der Waals surface area contributed by atoms with E-state index in [-0.39, 0.29) is 5.02 Å². The molecule has 0 spiro atoms. The van der Waals surface area contributed by atoms with Crippen LogP contribution in [0.1, 0.15) is 0 Å². The van der Waals surface area contributed by atoms with Crippen LogP contribution in [0.4, 0.5) is 22.0 Å². The van der Waals surface area contributed by atoms with Crippen LogP contribution < -0.4 is 0 Å². The number of hydrogen-bond donors (Lipinski definition) is 0. The van der Waals surface area contributed by atoms with Crippen LogP contribution in [-0.2, 0) is 0 Å². The van der Waals surface area contributed by atoms with E-state index in [0.29, 0.717) is 4.68 Å². The molecule has 0 N–H and O–H groups in total. The molecular weight excluding hydrogens is 267 g/mol. The van der Waals surface area contributed by atoms with Crippen molar-refractivity contribution in [2.24, 2.45) is 0 Å². The Labute approximate surface area is 96.2 Å². The average molecular weight is 269 g/mol. The quantitative estimate of drug-likeness (QED) is 0.441. The number of benzene rings is 1. The molecule has 0 aliphatic rings. The molecule has 0 atom stereocenters. The van der Waals surface area contributed by atoms with Gasteiger partial charge in [-0.1, -0.05) is 11.6 Å². The van der Waals surface area contributed by atoms with E-state index in [9.17, 15) is 22.0 Å². The Morgan fingerprint density at radius 1 is 0.882 bits per heavy atom. The van der Waals surface area contributed by atoms with Gasteiger partial charge in [0.1, 0.15) is 5.69 Å². The van der Waals surface area contributed by atoms with Crippen LogP contribution in [0.3, 0.4) is 0 Å². The minimum atomic E-state index is -2.22. The Morgan fingerprint density at radius 3 is 1.76 bits per heavy atom. The SMILES string of the molecule is Fc1c(F)c(F)c(-n2cc(Cl)cn2)c(F)c1F. The highest BCUT2D eigenvalue weighted by molar-refractivity contribution is 6.30. The molecule has 2 nitrogen and oxygen atoms in total. The maximum atomic E-state index is 13.3. The van der Waals surface area contributed by atoms with Crippen molar-refractivity contribution in [2.75, 3.05) is 0 Å². The summed E-state index contributed by atoms with van der Waals surface area (Å²) in [7, 11) is 0. The number of hydrogen-bond acceptors (Lipinski definition) is 1. The molecular formula is C9H2ClF5N2. The van der Waals surface area contributed by atoms with Crippen LogP contribution in [0.15, 0.2) is 12.4 Å². The maximum absolute atomic E-state index is 13.3. The highest BCUT2D eigenvalue weighted by atomic mass is 35.5. The smallest absolute Gasteiger partial charge is 0.200 e. The summed E-state index contributed by atoms with van der Waals surface area (Å²) in [5.74, 6) is -10.2. The summed E-state index contributed by atoms with van der Waals surface area (Å²) in [5.41, 5.74) is -1.17. The average Bonchev–Trinajstić information content (AvgIpc) is 2.71. The summed E-state index contributed by atoms with van der Waals surface area (Å²) < 4.78 is 65.5. The van der Waals surface area contributed by atoms with Gasteiger partial charge in [-0.15, -0.1) is 0 Å². The lowest BCUT2D eigenvalue weighted by Crippen LogP contribution is -2.09. The second-order valence-corrected chi connectivity index (χ2v) is 3.46. The van der Waals surface area contributed by atoms with Gasteiger partial charge in [0.15, 0.2) is 23.3 Å². The Morgan fingerprint density at radius 2 is 1.35 bits per heavy atom. The molecule has 17 heavy (non-hydrogen) atoms. The molecule has 90 valence electrons. The summed E-state index contributed by atoms with van der Waals surface area (Å²) in [6, 6.07) is 0. The summed E-state index contributed by atoms with van der Waals surface area (Å²) >= 11 is 5.44. The topological polar surface area (TPSA) is 17.8 Å². The molecule has 2 rings (SSSR count). The normalized spacial score (nSPS) is 10.9. The van der Waals surface area contributed by atoms with Crippen LogP contribution in [0, 0.1) is 29.1 Å². The molecule has 1 aromatic heterocycles. The van der Waals surface area contributed by atoms with E-state index in [1.54, 1.807) is 0 Å². The zero-order valence-corrected chi connectivity index (χ0v) is 8.57. The van der Waals surface area contributed by atoms with Crippen molar-refractivity contribution < 1.29 is 22.0 Å². The number of nitrogens with zero attached hydrogens (tertiary/aromatic N) is 2. The van der Waals surface area contributed by atoms with Crippen LogP contribution in [0.5, 0.6) is 0 Å². The van der Waals surface area contributed by atoms with Gasteiger partial charge in [-0.3, -0.25) is 0 Å². The predicted molar refractivity (Wildman–Crippen MR) is 48.4 cm³/mol. The Hall–Kier alpha value is -1.63. The van der Waals surface area contributed by atoms with Crippen LogP contribution >= 0.6 is 11.6 Å².